The predicted octanol–water partition coefficient (Wildman–Crippen LogP) is 3.14. The van der Waals surface area contributed by atoms with Crippen LogP contribution in [-0.4, -0.2) is 37.3 Å². The van der Waals surface area contributed by atoms with E-state index in [4.69, 9.17) is 0 Å². The van der Waals surface area contributed by atoms with Crippen LogP contribution >= 0.6 is 11.3 Å². The van der Waals surface area contributed by atoms with Gasteiger partial charge in [0.25, 0.3) is 0 Å². The summed E-state index contributed by atoms with van der Waals surface area (Å²) in [4.78, 5) is 15.6. The van der Waals surface area contributed by atoms with Crippen LogP contribution in [0.2, 0.25) is 0 Å². The summed E-state index contributed by atoms with van der Waals surface area (Å²) >= 11 is 1.24. The van der Waals surface area contributed by atoms with Gasteiger partial charge in [0.15, 0.2) is 5.69 Å². The van der Waals surface area contributed by atoms with E-state index >= 15 is 0 Å². The van der Waals surface area contributed by atoms with Crippen molar-refractivity contribution in [2.45, 2.75) is 19.9 Å². The molecule has 0 unspecified atom stereocenters. The molecule has 0 aliphatic heterocycles. The molecule has 0 amide bonds. The van der Waals surface area contributed by atoms with Gasteiger partial charge in [0.1, 0.15) is 5.01 Å². The number of hydrogen-bond donors (Lipinski definition) is 0. The standard InChI is InChI=1S/C17H20N2O4S2/c1-3-10-19(12-16-18-15(13-24-16)17(20)23-2)25(21,22)11-9-14-7-5-4-6-8-14/h4-9,11,13H,3,10,12H2,1-2H3/b11-9+. The van der Waals surface area contributed by atoms with Gasteiger partial charge in [0, 0.05) is 17.3 Å². The lowest BCUT2D eigenvalue weighted by Gasteiger charge is -2.18. The number of hydrogen-bond acceptors (Lipinski definition) is 6. The van der Waals surface area contributed by atoms with Gasteiger partial charge >= 0.3 is 5.97 Å². The van der Waals surface area contributed by atoms with Crippen LogP contribution in [0.4, 0.5) is 0 Å². The molecule has 2 aromatic rings. The minimum absolute atomic E-state index is 0.122. The number of carbonyl (C=O) groups excluding carboxylic acids is 1. The van der Waals surface area contributed by atoms with Gasteiger partial charge in [-0.05, 0) is 18.1 Å². The Balaban J connectivity index is 2.17. The van der Waals surface area contributed by atoms with E-state index in [2.05, 4.69) is 9.72 Å². The maximum Gasteiger partial charge on any atom is 0.357 e. The van der Waals surface area contributed by atoms with E-state index in [9.17, 15) is 13.2 Å². The number of aromatic nitrogens is 1. The fourth-order valence-corrected chi connectivity index (χ4v) is 4.19. The molecule has 0 atom stereocenters. The Morgan fingerprint density at radius 2 is 2.04 bits per heavy atom. The Hall–Kier alpha value is -2.03. The first-order valence-electron chi connectivity index (χ1n) is 7.72. The van der Waals surface area contributed by atoms with Crippen molar-refractivity contribution in [2.24, 2.45) is 0 Å². The van der Waals surface area contributed by atoms with E-state index < -0.39 is 16.0 Å². The Kier molecular flexibility index (Phi) is 6.86. The van der Waals surface area contributed by atoms with Crippen molar-refractivity contribution in [3.8, 4) is 0 Å². The summed E-state index contributed by atoms with van der Waals surface area (Å²) in [5, 5.41) is 3.32. The van der Waals surface area contributed by atoms with Crippen LogP contribution in [-0.2, 0) is 21.3 Å². The first-order valence-corrected chi connectivity index (χ1v) is 10.1. The molecule has 134 valence electrons. The van der Waals surface area contributed by atoms with Crippen LogP contribution in [0.15, 0.2) is 41.1 Å². The average Bonchev–Trinajstić information content (AvgIpc) is 3.08. The van der Waals surface area contributed by atoms with Crippen molar-refractivity contribution in [3.63, 3.8) is 0 Å². The number of nitrogens with zero attached hydrogens (tertiary/aromatic N) is 2. The average molecular weight is 380 g/mol. The Morgan fingerprint density at radius 3 is 2.68 bits per heavy atom. The molecule has 0 fully saturated rings. The zero-order chi connectivity index (χ0) is 18.3. The van der Waals surface area contributed by atoms with Crippen LogP contribution < -0.4 is 0 Å². The van der Waals surface area contributed by atoms with E-state index in [0.29, 0.717) is 18.0 Å². The van der Waals surface area contributed by atoms with Gasteiger partial charge in [0.2, 0.25) is 10.0 Å². The SMILES string of the molecule is CCCN(Cc1nc(C(=O)OC)cs1)S(=O)(=O)/C=C/c1ccccc1. The number of carbonyl (C=O) groups is 1. The number of esters is 1. The molecule has 0 aliphatic carbocycles. The van der Waals surface area contributed by atoms with E-state index in [1.807, 2.05) is 37.3 Å². The highest BCUT2D eigenvalue weighted by molar-refractivity contribution is 7.92. The van der Waals surface area contributed by atoms with Gasteiger partial charge in [-0.3, -0.25) is 0 Å². The van der Waals surface area contributed by atoms with Gasteiger partial charge in [0.05, 0.1) is 13.7 Å². The Labute approximate surface area is 151 Å². The van der Waals surface area contributed by atoms with Gasteiger partial charge in [-0.1, -0.05) is 37.3 Å². The second-order valence-corrected chi connectivity index (χ2v) is 7.97. The molecule has 0 spiro atoms. The third-order valence-electron chi connectivity index (χ3n) is 3.32. The third kappa shape index (κ3) is 5.48. The number of ether oxygens (including phenoxy) is 1. The monoisotopic (exact) mass is 380 g/mol. The molecule has 6 nitrogen and oxygen atoms in total. The van der Waals surface area contributed by atoms with E-state index in [0.717, 1.165) is 5.56 Å². The van der Waals surface area contributed by atoms with E-state index in [-0.39, 0.29) is 12.2 Å². The van der Waals surface area contributed by atoms with Crippen molar-refractivity contribution in [1.82, 2.24) is 9.29 Å². The molecule has 1 aromatic heterocycles. The number of methoxy groups -OCH3 is 1. The summed E-state index contributed by atoms with van der Waals surface area (Å²) in [7, 11) is -2.31. The zero-order valence-corrected chi connectivity index (χ0v) is 15.7. The summed E-state index contributed by atoms with van der Waals surface area (Å²) in [6.07, 6.45) is 2.24. The van der Waals surface area contributed by atoms with Crippen molar-refractivity contribution in [1.29, 1.82) is 0 Å². The molecule has 1 aromatic carbocycles. The molecule has 0 radical (unpaired) electrons. The molecular weight excluding hydrogens is 360 g/mol. The summed E-state index contributed by atoms with van der Waals surface area (Å²) in [5.41, 5.74) is 1.00. The Morgan fingerprint density at radius 1 is 1.32 bits per heavy atom. The number of sulfonamides is 1. The maximum atomic E-state index is 12.6. The van der Waals surface area contributed by atoms with Crippen molar-refractivity contribution in [2.75, 3.05) is 13.7 Å². The highest BCUT2D eigenvalue weighted by Gasteiger charge is 2.21. The number of benzene rings is 1. The number of thiazole rings is 1. The fourth-order valence-electron chi connectivity index (χ4n) is 2.09. The van der Waals surface area contributed by atoms with Crippen LogP contribution in [0.3, 0.4) is 0 Å². The molecule has 25 heavy (non-hydrogen) atoms. The van der Waals surface area contributed by atoms with Crippen LogP contribution in [0, 0.1) is 0 Å². The second kappa shape index (κ2) is 8.89. The van der Waals surface area contributed by atoms with Crippen LogP contribution in [0.5, 0.6) is 0 Å². The lowest BCUT2D eigenvalue weighted by molar-refractivity contribution is 0.0594. The highest BCUT2D eigenvalue weighted by atomic mass is 32.2. The van der Waals surface area contributed by atoms with Crippen molar-refractivity contribution < 1.29 is 17.9 Å². The molecule has 0 aliphatic rings. The van der Waals surface area contributed by atoms with Crippen molar-refractivity contribution in [3.05, 3.63) is 57.4 Å². The topological polar surface area (TPSA) is 76.6 Å². The van der Waals surface area contributed by atoms with Gasteiger partial charge in [-0.25, -0.2) is 18.2 Å². The van der Waals surface area contributed by atoms with E-state index in [1.165, 1.54) is 28.2 Å². The van der Waals surface area contributed by atoms with Crippen LogP contribution in [0.25, 0.3) is 6.08 Å². The lowest BCUT2D eigenvalue weighted by Crippen LogP contribution is -2.29. The smallest absolute Gasteiger partial charge is 0.357 e. The molecule has 0 saturated heterocycles. The molecule has 0 saturated carbocycles. The molecule has 0 bridgehead atoms. The molecule has 1 heterocycles. The largest absolute Gasteiger partial charge is 0.464 e. The third-order valence-corrected chi connectivity index (χ3v) is 5.67. The number of rotatable bonds is 8. The molecule has 2 rings (SSSR count). The highest BCUT2D eigenvalue weighted by Crippen LogP contribution is 2.17. The van der Waals surface area contributed by atoms with Gasteiger partial charge < -0.3 is 4.74 Å². The second-order valence-electron chi connectivity index (χ2n) is 5.21. The van der Waals surface area contributed by atoms with Gasteiger partial charge in [-0.2, -0.15) is 4.31 Å². The van der Waals surface area contributed by atoms with Gasteiger partial charge in [-0.15, -0.1) is 11.3 Å². The fraction of sp³-hybridized carbons (Fsp3) is 0.294. The molecule has 8 heteroatoms. The predicted molar refractivity (Wildman–Crippen MR) is 98.6 cm³/mol. The maximum absolute atomic E-state index is 12.6. The quantitative estimate of drug-likeness (QED) is 0.658. The minimum Gasteiger partial charge on any atom is -0.464 e. The summed E-state index contributed by atoms with van der Waals surface area (Å²) < 4.78 is 31.2. The minimum atomic E-state index is -3.59. The van der Waals surface area contributed by atoms with Crippen molar-refractivity contribution >= 4 is 33.4 Å². The molecule has 0 N–H and O–H groups in total. The van der Waals surface area contributed by atoms with E-state index in [1.54, 1.807) is 11.5 Å². The first kappa shape index (κ1) is 19.3. The van der Waals surface area contributed by atoms with Crippen LogP contribution in [0.1, 0.15) is 34.4 Å². The Bertz CT molecular complexity index is 829. The zero-order valence-electron chi connectivity index (χ0n) is 14.1. The summed E-state index contributed by atoms with van der Waals surface area (Å²) in [6.45, 7) is 2.40. The first-order chi connectivity index (χ1) is 12.0. The summed E-state index contributed by atoms with van der Waals surface area (Å²) in [6, 6.07) is 9.23. The lowest BCUT2D eigenvalue weighted by atomic mass is 10.2. The normalized spacial score (nSPS) is 12.0. The molecular formula is C17H20N2O4S2. The summed E-state index contributed by atoms with van der Waals surface area (Å²) in [5.74, 6) is -0.531.